The zero-order chi connectivity index (χ0) is 11.8. The number of hydrogen-bond acceptors (Lipinski definition) is 2. The molecule has 0 bridgehead atoms. The van der Waals surface area contributed by atoms with Crippen molar-refractivity contribution in [2.45, 2.75) is 38.1 Å². The smallest absolute Gasteiger partial charge is 0.0545 e. The SMILES string of the molecule is CNC(Cc1sccc1Cl)C(C1CC1)C1CC1. The zero-order valence-electron chi connectivity index (χ0n) is 10.3. The molecule has 1 nitrogen and oxygen atoms in total. The Kier molecular flexibility index (Phi) is 3.47. The predicted octanol–water partition coefficient (Wildman–Crippen LogP) is 3.97. The first-order chi connectivity index (χ1) is 8.29. The van der Waals surface area contributed by atoms with Crippen LogP contribution in [0.4, 0.5) is 0 Å². The third kappa shape index (κ3) is 2.69. The van der Waals surface area contributed by atoms with Crippen molar-refractivity contribution in [3.63, 3.8) is 0 Å². The highest BCUT2D eigenvalue weighted by Gasteiger charge is 2.45. The average Bonchev–Trinajstić information content (AvgIpc) is 3.22. The highest BCUT2D eigenvalue weighted by atomic mass is 35.5. The van der Waals surface area contributed by atoms with Crippen molar-refractivity contribution >= 4 is 22.9 Å². The summed E-state index contributed by atoms with van der Waals surface area (Å²) in [6, 6.07) is 2.66. The van der Waals surface area contributed by atoms with E-state index in [1.165, 1.54) is 30.6 Å². The summed E-state index contributed by atoms with van der Waals surface area (Å²) in [4.78, 5) is 1.36. The van der Waals surface area contributed by atoms with Gasteiger partial charge in [0, 0.05) is 10.9 Å². The first kappa shape index (κ1) is 12.0. The lowest BCUT2D eigenvalue weighted by Gasteiger charge is -2.27. The van der Waals surface area contributed by atoms with E-state index < -0.39 is 0 Å². The van der Waals surface area contributed by atoms with Crippen molar-refractivity contribution in [2.24, 2.45) is 17.8 Å². The molecular formula is C14H20ClNS. The molecule has 1 heterocycles. The van der Waals surface area contributed by atoms with Crippen molar-refractivity contribution in [3.8, 4) is 0 Å². The number of hydrogen-bond donors (Lipinski definition) is 1. The molecule has 3 heteroatoms. The first-order valence-electron chi connectivity index (χ1n) is 6.68. The van der Waals surface area contributed by atoms with Gasteiger partial charge in [-0.2, -0.15) is 0 Å². The molecule has 0 aliphatic heterocycles. The van der Waals surface area contributed by atoms with E-state index in [-0.39, 0.29) is 0 Å². The normalized spacial score (nSPS) is 22.1. The molecule has 3 rings (SSSR count). The Bertz CT molecular complexity index is 369. The molecular weight excluding hydrogens is 250 g/mol. The lowest BCUT2D eigenvalue weighted by atomic mass is 9.87. The molecule has 0 saturated heterocycles. The molecule has 0 radical (unpaired) electrons. The van der Waals surface area contributed by atoms with E-state index in [0.717, 1.165) is 29.2 Å². The summed E-state index contributed by atoms with van der Waals surface area (Å²) >= 11 is 8.02. The molecule has 1 unspecified atom stereocenters. The fraction of sp³-hybridized carbons (Fsp3) is 0.714. The van der Waals surface area contributed by atoms with E-state index in [2.05, 4.69) is 17.7 Å². The lowest BCUT2D eigenvalue weighted by Crippen LogP contribution is -2.37. The molecule has 1 aromatic heterocycles. The maximum atomic E-state index is 6.22. The Balaban J connectivity index is 1.71. The zero-order valence-corrected chi connectivity index (χ0v) is 11.9. The third-order valence-corrected chi connectivity index (χ3v) is 5.67. The summed E-state index contributed by atoms with van der Waals surface area (Å²) in [7, 11) is 2.12. The number of halogens is 1. The summed E-state index contributed by atoms with van der Waals surface area (Å²) in [6.45, 7) is 0. The Labute approximate surface area is 113 Å². The van der Waals surface area contributed by atoms with Crippen LogP contribution in [-0.2, 0) is 6.42 Å². The summed E-state index contributed by atoms with van der Waals surface area (Å²) in [6.07, 6.45) is 6.94. The monoisotopic (exact) mass is 269 g/mol. The minimum absolute atomic E-state index is 0.631. The van der Waals surface area contributed by atoms with Crippen LogP contribution in [0.1, 0.15) is 30.6 Å². The van der Waals surface area contributed by atoms with E-state index in [1.807, 2.05) is 6.07 Å². The second-order valence-electron chi connectivity index (χ2n) is 5.54. The molecule has 2 fully saturated rings. The van der Waals surface area contributed by atoms with Crippen molar-refractivity contribution in [3.05, 3.63) is 21.3 Å². The second-order valence-corrected chi connectivity index (χ2v) is 6.95. The van der Waals surface area contributed by atoms with Gasteiger partial charge >= 0.3 is 0 Å². The van der Waals surface area contributed by atoms with Crippen molar-refractivity contribution in [1.29, 1.82) is 0 Å². The van der Waals surface area contributed by atoms with Gasteiger partial charge in [0.2, 0.25) is 0 Å². The Hall–Kier alpha value is -0.0500. The Morgan fingerprint density at radius 2 is 2.00 bits per heavy atom. The number of rotatable bonds is 6. The van der Waals surface area contributed by atoms with Crippen LogP contribution >= 0.6 is 22.9 Å². The lowest BCUT2D eigenvalue weighted by molar-refractivity contribution is 0.294. The molecule has 17 heavy (non-hydrogen) atoms. The van der Waals surface area contributed by atoms with Crippen LogP contribution in [0.5, 0.6) is 0 Å². The minimum atomic E-state index is 0.631. The van der Waals surface area contributed by atoms with Gasteiger partial charge in [-0.15, -0.1) is 11.3 Å². The number of likely N-dealkylation sites (N-methyl/N-ethyl adjacent to an activating group) is 1. The van der Waals surface area contributed by atoms with Gasteiger partial charge < -0.3 is 5.32 Å². The van der Waals surface area contributed by atoms with Crippen LogP contribution in [0.25, 0.3) is 0 Å². The van der Waals surface area contributed by atoms with E-state index in [1.54, 1.807) is 11.3 Å². The van der Waals surface area contributed by atoms with Gasteiger partial charge in [-0.1, -0.05) is 11.6 Å². The van der Waals surface area contributed by atoms with E-state index in [4.69, 9.17) is 11.6 Å². The fourth-order valence-electron chi connectivity index (χ4n) is 3.11. The van der Waals surface area contributed by atoms with Gasteiger partial charge in [0.15, 0.2) is 0 Å². The van der Waals surface area contributed by atoms with Gasteiger partial charge in [-0.25, -0.2) is 0 Å². The number of nitrogens with one attached hydrogen (secondary N) is 1. The Morgan fingerprint density at radius 3 is 2.41 bits per heavy atom. The van der Waals surface area contributed by atoms with Gasteiger partial charge in [0.1, 0.15) is 0 Å². The van der Waals surface area contributed by atoms with Gasteiger partial charge in [0.25, 0.3) is 0 Å². The molecule has 2 aliphatic rings. The second kappa shape index (κ2) is 4.91. The molecule has 2 saturated carbocycles. The summed E-state index contributed by atoms with van der Waals surface area (Å²) < 4.78 is 0. The van der Waals surface area contributed by atoms with Crippen LogP contribution in [0, 0.1) is 17.8 Å². The van der Waals surface area contributed by atoms with Crippen molar-refractivity contribution in [2.75, 3.05) is 7.05 Å². The van der Waals surface area contributed by atoms with Gasteiger partial charge in [-0.3, -0.25) is 0 Å². The summed E-state index contributed by atoms with van der Waals surface area (Å²) in [5.74, 6) is 2.90. The molecule has 1 N–H and O–H groups in total. The molecule has 2 aliphatic carbocycles. The molecule has 1 aromatic rings. The molecule has 1 atom stereocenters. The maximum absolute atomic E-state index is 6.22. The van der Waals surface area contributed by atoms with E-state index in [0.29, 0.717) is 6.04 Å². The molecule has 94 valence electrons. The van der Waals surface area contributed by atoms with Gasteiger partial charge in [-0.05, 0) is 68.4 Å². The van der Waals surface area contributed by atoms with Gasteiger partial charge in [0.05, 0.1) is 5.02 Å². The molecule has 0 aromatic carbocycles. The highest BCUT2D eigenvalue weighted by Crippen LogP contribution is 2.51. The standard InChI is InChI=1S/C14H20ClNS/c1-16-12(8-13-11(15)6-7-17-13)14(9-2-3-9)10-4-5-10/h6-7,9-10,12,14,16H,2-5,8H2,1H3. The molecule has 0 amide bonds. The largest absolute Gasteiger partial charge is 0.316 e. The van der Waals surface area contributed by atoms with Crippen molar-refractivity contribution < 1.29 is 0 Å². The number of thiophene rings is 1. The minimum Gasteiger partial charge on any atom is -0.316 e. The summed E-state index contributed by atoms with van der Waals surface area (Å²) in [5, 5.41) is 6.62. The summed E-state index contributed by atoms with van der Waals surface area (Å²) in [5.41, 5.74) is 0. The fourth-order valence-corrected chi connectivity index (χ4v) is 4.28. The van der Waals surface area contributed by atoms with Crippen LogP contribution < -0.4 is 5.32 Å². The topological polar surface area (TPSA) is 12.0 Å². The van der Waals surface area contributed by atoms with E-state index in [9.17, 15) is 0 Å². The molecule has 0 spiro atoms. The quantitative estimate of drug-likeness (QED) is 0.824. The van der Waals surface area contributed by atoms with Crippen LogP contribution in [0.2, 0.25) is 5.02 Å². The van der Waals surface area contributed by atoms with E-state index >= 15 is 0 Å². The Morgan fingerprint density at radius 1 is 1.35 bits per heavy atom. The average molecular weight is 270 g/mol. The maximum Gasteiger partial charge on any atom is 0.0545 e. The van der Waals surface area contributed by atoms with Crippen LogP contribution in [0.3, 0.4) is 0 Å². The predicted molar refractivity (Wildman–Crippen MR) is 74.8 cm³/mol. The van der Waals surface area contributed by atoms with Crippen LogP contribution in [0.15, 0.2) is 11.4 Å². The highest BCUT2D eigenvalue weighted by molar-refractivity contribution is 7.10. The first-order valence-corrected chi connectivity index (χ1v) is 7.94. The van der Waals surface area contributed by atoms with Crippen LogP contribution in [-0.4, -0.2) is 13.1 Å². The van der Waals surface area contributed by atoms with Crippen molar-refractivity contribution in [1.82, 2.24) is 5.32 Å². The third-order valence-electron chi connectivity index (χ3n) is 4.26.